The fourth-order valence-corrected chi connectivity index (χ4v) is 15.9. The molecular weight excluding hydrogens is 861 g/mol. The van der Waals surface area contributed by atoms with Crippen molar-refractivity contribution >= 4 is 78.3 Å². The molecule has 0 saturated heterocycles. The maximum absolute atomic E-state index is 14.6. The number of nitrogens with zero attached hydrogens (tertiary/aromatic N) is 4. The van der Waals surface area contributed by atoms with E-state index in [0.717, 1.165) is 114 Å². The normalized spacial score (nSPS) is 19.8. The first-order chi connectivity index (χ1) is 30.5. The zero-order valence-corrected chi connectivity index (χ0v) is 35.5. The summed E-state index contributed by atoms with van der Waals surface area (Å²) in [6.45, 7) is 0. The van der Waals surface area contributed by atoms with Gasteiger partial charge in [-0.1, -0.05) is 38.5 Å². The van der Waals surface area contributed by atoms with Crippen LogP contribution in [0.5, 0.6) is 0 Å². The third-order valence-corrected chi connectivity index (χ3v) is 17.7. The van der Waals surface area contributed by atoms with Gasteiger partial charge in [0, 0.05) is 64.4 Å². The van der Waals surface area contributed by atoms with Crippen molar-refractivity contribution in [1.29, 1.82) is 21.0 Å². The Bertz CT molecular complexity index is 3350. The van der Waals surface area contributed by atoms with Gasteiger partial charge in [0.05, 0.1) is 14.3 Å². The van der Waals surface area contributed by atoms with E-state index >= 15 is 0 Å². The van der Waals surface area contributed by atoms with E-state index in [4.69, 9.17) is 0 Å². The highest BCUT2D eigenvalue weighted by Gasteiger charge is 2.51. The Morgan fingerprint density at radius 3 is 1.56 bits per heavy atom. The monoisotopic (exact) mass is 888 g/mol. The minimum absolute atomic E-state index is 0.00891. The second-order valence-corrected chi connectivity index (χ2v) is 20.1. The number of thiophene rings is 3. The van der Waals surface area contributed by atoms with Crippen molar-refractivity contribution in [3.05, 3.63) is 136 Å². The molecule has 2 fully saturated rings. The van der Waals surface area contributed by atoms with E-state index in [2.05, 4.69) is 12.1 Å². The first-order valence-corrected chi connectivity index (χ1v) is 23.0. The summed E-state index contributed by atoms with van der Waals surface area (Å²) in [5, 5.41) is 39.7. The molecule has 6 nitrogen and oxygen atoms in total. The second-order valence-electron chi connectivity index (χ2n) is 16.9. The summed E-state index contributed by atoms with van der Waals surface area (Å²) in [7, 11) is 0. The molecule has 3 heterocycles. The van der Waals surface area contributed by atoms with Crippen molar-refractivity contribution in [2.75, 3.05) is 0 Å². The largest absolute Gasteiger partial charge is 0.289 e. The molecule has 0 atom stereocenters. The molecule has 3 aromatic heterocycles. The third-order valence-electron chi connectivity index (χ3n) is 13.9. The van der Waals surface area contributed by atoms with Crippen LogP contribution in [0, 0.1) is 68.6 Å². The molecule has 11 rings (SSSR count). The van der Waals surface area contributed by atoms with Crippen LogP contribution in [-0.4, -0.2) is 11.6 Å². The number of hydrogen-bond donors (Lipinski definition) is 0. The third kappa shape index (κ3) is 5.28. The first-order valence-electron chi connectivity index (χ1n) is 20.6. The summed E-state index contributed by atoms with van der Waals surface area (Å²) in [5.74, 6) is -5.91. The molecule has 2 spiro atoms. The fraction of sp³-hybridized carbons (Fsp3) is 0.240. The molecule has 0 amide bonds. The van der Waals surface area contributed by atoms with Gasteiger partial charge in [-0.15, -0.1) is 34.0 Å². The SMILES string of the molecule is N#CC(C#N)=C1/C(=C/C2=Cc3sc4c5c(sc4c3C23CCCCC3)-c2sc(/C=C3/C(=O)c4cc(F)c(F)cc4C3=C(C#N)C#N)cc2C52CCCCC2)C(=O)c2cc(F)c(F)cc21. The average Bonchev–Trinajstić information content (AvgIpc) is 4.13. The molecule has 13 heteroatoms. The molecule has 0 aliphatic heterocycles. The van der Waals surface area contributed by atoms with Gasteiger partial charge in [-0.25, -0.2) is 17.6 Å². The Hall–Kier alpha value is -6.48. The molecule has 0 unspecified atom stereocenters. The van der Waals surface area contributed by atoms with Gasteiger partial charge in [-0.05, 0) is 102 Å². The molecule has 2 saturated carbocycles. The lowest BCUT2D eigenvalue weighted by Crippen LogP contribution is -2.29. The lowest BCUT2D eigenvalue weighted by atomic mass is 9.66. The maximum Gasteiger partial charge on any atom is 0.194 e. The number of carbonyl (C=O) groups excluding carboxylic acids is 2. The summed E-state index contributed by atoms with van der Waals surface area (Å²) in [4.78, 5) is 31.9. The predicted molar refractivity (Wildman–Crippen MR) is 233 cm³/mol. The second kappa shape index (κ2) is 14.0. The number of allylic oxidation sites excluding steroid dienone is 8. The van der Waals surface area contributed by atoms with Crippen LogP contribution < -0.4 is 0 Å². The number of Topliss-reactive ketones (excluding diaryl/α,β-unsaturated/α-hetero) is 2. The van der Waals surface area contributed by atoms with E-state index < -0.39 is 40.3 Å². The summed E-state index contributed by atoms with van der Waals surface area (Å²) < 4.78 is 60.5. The maximum atomic E-state index is 14.6. The Kier molecular flexibility index (Phi) is 8.76. The van der Waals surface area contributed by atoms with Gasteiger partial charge in [0.15, 0.2) is 34.8 Å². The Morgan fingerprint density at radius 1 is 0.556 bits per heavy atom. The zero-order valence-electron chi connectivity index (χ0n) is 33.0. The lowest BCUT2D eigenvalue weighted by molar-refractivity contribution is 0.103. The number of nitriles is 4. The first kappa shape index (κ1) is 39.4. The topological polar surface area (TPSA) is 129 Å². The molecule has 0 N–H and O–H groups in total. The quantitative estimate of drug-likeness (QED) is 0.0986. The van der Waals surface area contributed by atoms with Gasteiger partial charge in [0.2, 0.25) is 0 Å². The Labute approximate surface area is 369 Å². The summed E-state index contributed by atoms with van der Waals surface area (Å²) in [6.07, 6.45) is 15.0. The molecule has 306 valence electrons. The standard InChI is InChI=1S/C50H28F4N4O2S3/c51-34-15-27-29(17-36(34)53)43(59)31(39(27)23(19-55)20-56)11-25-12-38-41(49(25)7-3-1-4-8-49)46-48(62-38)42-47(63-46)45-33(50(42)9-5-2-6-10-50)14-26(61-45)13-32-40(24(21-57)22-58)28-16-35(52)37(54)18-30(28)44(32)60/h11-18H,1-10H2/b31-11-,32-13+. The van der Waals surface area contributed by atoms with Crippen molar-refractivity contribution in [2.24, 2.45) is 0 Å². The molecule has 6 aliphatic rings. The van der Waals surface area contributed by atoms with Crippen molar-refractivity contribution in [1.82, 2.24) is 0 Å². The van der Waals surface area contributed by atoms with Gasteiger partial charge >= 0.3 is 0 Å². The van der Waals surface area contributed by atoms with Crippen molar-refractivity contribution in [3.8, 4) is 34.0 Å². The molecule has 6 aliphatic carbocycles. The highest BCUT2D eigenvalue weighted by molar-refractivity contribution is 7.32. The van der Waals surface area contributed by atoms with Crippen molar-refractivity contribution in [3.63, 3.8) is 0 Å². The van der Waals surface area contributed by atoms with Gasteiger partial charge in [-0.3, -0.25) is 9.59 Å². The van der Waals surface area contributed by atoms with E-state index in [9.17, 15) is 48.2 Å². The van der Waals surface area contributed by atoms with Gasteiger partial charge < -0.3 is 0 Å². The lowest BCUT2D eigenvalue weighted by Gasteiger charge is -2.36. The van der Waals surface area contributed by atoms with E-state index in [1.807, 2.05) is 24.3 Å². The van der Waals surface area contributed by atoms with Crippen LogP contribution in [-0.2, 0) is 10.8 Å². The van der Waals surface area contributed by atoms with Gasteiger partial charge in [-0.2, -0.15) is 21.0 Å². The summed E-state index contributed by atoms with van der Waals surface area (Å²) in [6, 6.07) is 13.0. The number of halogens is 4. The highest BCUT2D eigenvalue weighted by atomic mass is 32.1. The average molecular weight is 889 g/mol. The molecular formula is C50H28F4N4O2S3. The number of rotatable bonds is 2. The Balaban J connectivity index is 1.07. The minimum atomic E-state index is -1.20. The van der Waals surface area contributed by atoms with E-state index in [-0.39, 0.29) is 61.1 Å². The Morgan fingerprint density at radius 2 is 1.03 bits per heavy atom. The van der Waals surface area contributed by atoms with E-state index in [1.54, 1.807) is 34.8 Å². The fourth-order valence-electron chi connectivity index (χ4n) is 11.3. The van der Waals surface area contributed by atoms with Gasteiger partial charge in [0.1, 0.15) is 35.4 Å². The molecule has 0 bridgehead atoms. The summed E-state index contributed by atoms with van der Waals surface area (Å²) in [5.41, 5.74) is 3.03. The molecule has 63 heavy (non-hydrogen) atoms. The number of ketones is 2. The molecule has 2 aromatic carbocycles. The number of benzene rings is 2. The van der Waals surface area contributed by atoms with Crippen LogP contribution in [0.25, 0.3) is 42.5 Å². The van der Waals surface area contributed by atoms with Crippen LogP contribution >= 0.6 is 34.0 Å². The minimum Gasteiger partial charge on any atom is -0.289 e. The van der Waals surface area contributed by atoms with E-state index in [0.29, 0.717) is 0 Å². The molecule has 5 aromatic rings. The van der Waals surface area contributed by atoms with Crippen LogP contribution in [0.1, 0.15) is 122 Å². The van der Waals surface area contributed by atoms with Gasteiger partial charge in [0.25, 0.3) is 0 Å². The zero-order chi connectivity index (χ0) is 43.7. The summed E-state index contributed by atoms with van der Waals surface area (Å²) >= 11 is 5.00. The number of carbonyl (C=O) groups is 2. The number of fused-ring (bicyclic) bond motifs is 12. The van der Waals surface area contributed by atoms with E-state index in [1.165, 1.54) is 37.4 Å². The van der Waals surface area contributed by atoms with Crippen molar-refractivity contribution in [2.45, 2.75) is 75.0 Å². The highest BCUT2D eigenvalue weighted by Crippen LogP contribution is 2.67. The van der Waals surface area contributed by atoms with Crippen LogP contribution in [0.15, 0.2) is 64.3 Å². The van der Waals surface area contributed by atoms with Crippen LogP contribution in [0.3, 0.4) is 0 Å². The molecule has 0 radical (unpaired) electrons. The number of hydrogen-bond acceptors (Lipinski definition) is 9. The van der Waals surface area contributed by atoms with Crippen LogP contribution in [0.4, 0.5) is 17.6 Å². The predicted octanol–water partition coefficient (Wildman–Crippen LogP) is 13.1. The smallest absolute Gasteiger partial charge is 0.194 e. The van der Waals surface area contributed by atoms with Crippen LogP contribution in [0.2, 0.25) is 0 Å². The van der Waals surface area contributed by atoms with Crippen molar-refractivity contribution < 1.29 is 27.2 Å².